The van der Waals surface area contributed by atoms with E-state index in [1.54, 1.807) is 26.8 Å². The zero-order valence-corrected chi connectivity index (χ0v) is 16.7. The Morgan fingerprint density at radius 1 is 1.00 bits per heavy atom. The van der Waals surface area contributed by atoms with E-state index in [-0.39, 0.29) is 18.0 Å². The Balaban J connectivity index is 2.04. The molecule has 0 saturated heterocycles. The fourth-order valence-electron chi connectivity index (χ4n) is 2.43. The van der Waals surface area contributed by atoms with Crippen LogP contribution in [0.2, 0.25) is 0 Å². The fraction of sp³-hybridized carbons (Fsp3) is 0.333. The molecule has 2 rings (SSSR count). The van der Waals surface area contributed by atoms with E-state index < -0.39 is 23.4 Å². The lowest BCUT2D eigenvalue weighted by Gasteiger charge is -2.20. The third-order valence-electron chi connectivity index (χ3n) is 3.58. The summed E-state index contributed by atoms with van der Waals surface area (Å²) < 4.78 is 24.3. The third-order valence-corrected chi connectivity index (χ3v) is 3.58. The summed E-state index contributed by atoms with van der Waals surface area (Å²) >= 11 is 0. The number of rotatable bonds is 5. The van der Waals surface area contributed by atoms with Crippen LogP contribution >= 0.6 is 0 Å². The predicted octanol–water partition coefficient (Wildman–Crippen LogP) is 4.81. The van der Waals surface area contributed by atoms with Crippen LogP contribution in [0.1, 0.15) is 31.9 Å². The molecule has 0 unspecified atom stereocenters. The van der Waals surface area contributed by atoms with Gasteiger partial charge in [0.1, 0.15) is 17.2 Å². The molecule has 0 aliphatic carbocycles. The van der Waals surface area contributed by atoms with Crippen LogP contribution in [0.3, 0.4) is 0 Å². The summed E-state index contributed by atoms with van der Waals surface area (Å²) in [6, 6.07) is 9.25. The first-order valence-electron chi connectivity index (χ1n) is 8.83. The molecule has 7 heteroatoms. The zero-order chi connectivity index (χ0) is 20.9. The van der Waals surface area contributed by atoms with Crippen molar-refractivity contribution in [2.24, 2.45) is 0 Å². The molecule has 6 nitrogen and oxygen atoms in total. The van der Waals surface area contributed by atoms with Gasteiger partial charge in [0.15, 0.2) is 6.61 Å². The SMILES string of the molecule is Cc1ccc(OCC(=O)Nc2cc(F)ccc2NC(=O)OC(C)(C)C)c(C)c1. The lowest BCUT2D eigenvalue weighted by molar-refractivity contribution is -0.118. The number of anilines is 2. The monoisotopic (exact) mass is 388 g/mol. The van der Waals surface area contributed by atoms with E-state index in [2.05, 4.69) is 10.6 Å². The van der Waals surface area contributed by atoms with Gasteiger partial charge >= 0.3 is 6.09 Å². The lowest BCUT2D eigenvalue weighted by atomic mass is 10.1. The van der Waals surface area contributed by atoms with Gasteiger partial charge in [-0.15, -0.1) is 0 Å². The van der Waals surface area contributed by atoms with Crippen molar-refractivity contribution < 1.29 is 23.5 Å². The lowest BCUT2D eigenvalue weighted by Crippen LogP contribution is -2.28. The molecular weight excluding hydrogens is 363 g/mol. The van der Waals surface area contributed by atoms with Gasteiger partial charge in [-0.2, -0.15) is 0 Å². The van der Waals surface area contributed by atoms with Crippen molar-refractivity contribution in [1.82, 2.24) is 0 Å². The van der Waals surface area contributed by atoms with Crippen molar-refractivity contribution in [1.29, 1.82) is 0 Å². The second kappa shape index (κ2) is 8.73. The molecule has 2 aromatic rings. The van der Waals surface area contributed by atoms with Crippen molar-refractivity contribution in [3.05, 3.63) is 53.3 Å². The van der Waals surface area contributed by atoms with Gasteiger partial charge in [0.25, 0.3) is 5.91 Å². The first kappa shape index (κ1) is 21.2. The Labute approximate surface area is 164 Å². The smallest absolute Gasteiger partial charge is 0.412 e. The van der Waals surface area contributed by atoms with Gasteiger partial charge in [-0.25, -0.2) is 9.18 Å². The number of halogens is 1. The Morgan fingerprint density at radius 2 is 1.71 bits per heavy atom. The number of carbonyl (C=O) groups is 2. The van der Waals surface area contributed by atoms with E-state index in [4.69, 9.17) is 9.47 Å². The molecule has 28 heavy (non-hydrogen) atoms. The van der Waals surface area contributed by atoms with Gasteiger partial charge in [0, 0.05) is 0 Å². The number of hydrogen-bond acceptors (Lipinski definition) is 4. The second-order valence-corrected chi connectivity index (χ2v) is 7.42. The summed E-state index contributed by atoms with van der Waals surface area (Å²) in [5.74, 6) is -0.453. The number of amides is 2. The number of hydrogen-bond donors (Lipinski definition) is 2. The normalized spacial score (nSPS) is 10.9. The summed E-state index contributed by atoms with van der Waals surface area (Å²) in [5, 5.41) is 5.05. The number of aryl methyl sites for hydroxylation is 2. The van der Waals surface area contributed by atoms with Crippen LogP contribution in [0, 0.1) is 19.7 Å². The molecule has 2 N–H and O–H groups in total. The molecular formula is C21H25FN2O4. The molecule has 0 atom stereocenters. The van der Waals surface area contributed by atoms with Gasteiger partial charge in [-0.1, -0.05) is 17.7 Å². The summed E-state index contributed by atoms with van der Waals surface area (Å²) in [4.78, 5) is 24.2. The van der Waals surface area contributed by atoms with E-state index in [9.17, 15) is 14.0 Å². The molecule has 2 aromatic carbocycles. The largest absolute Gasteiger partial charge is 0.483 e. The van der Waals surface area contributed by atoms with E-state index in [0.717, 1.165) is 17.2 Å². The minimum Gasteiger partial charge on any atom is -0.483 e. The second-order valence-electron chi connectivity index (χ2n) is 7.42. The average Bonchev–Trinajstić information content (AvgIpc) is 2.55. The van der Waals surface area contributed by atoms with Crippen molar-refractivity contribution in [2.75, 3.05) is 17.2 Å². The van der Waals surface area contributed by atoms with Crippen LogP contribution in [0.25, 0.3) is 0 Å². The average molecular weight is 388 g/mol. The Kier molecular flexibility index (Phi) is 6.62. The highest BCUT2D eigenvalue weighted by molar-refractivity contribution is 5.98. The quantitative estimate of drug-likeness (QED) is 0.771. The summed E-state index contributed by atoms with van der Waals surface area (Å²) in [6.45, 7) is 8.77. The molecule has 0 spiro atoms. The van der Waals surface area contributed by atoms with Gasteiger partial charge in [-0.05, 0) is 64.4 Å². The number of ether oxygens (including phenoxy) is 2. The van der Waals surface area contributed by atoms with Crippen LogP contribution in [-0.4, -0.2) is 24.2 Å². The maximum atomic E-state index is 13.6. The van der Waals surface area contributed by atoms with Crippen molar-refractivity contribution in [3.8, 4) is 5.75 Å². The topological polar surface area (TPSA) is 76.7 Å². The molecule has 0 radical (unpaired) electrons. The Morgan fingerprint density at radius 3 is 2.36 bits per heavy atom. The molecule has 0 aromatic heterocycles. The van der Waals surface area contributed by atoms with Crippen molar-refractivity contribution in [2.45, 2.75) is 40.2 Å². The van der Waals surface area contributed by atoms with E-state index in [1.807, 2.05) is 26.0 Å². The summed E-state index contributed by atoms with van der Waals surface area (Å²) in [7, 11) is 0. The number of nitrogens with one attached hydrogen (secondary N) is 2. The highest BCUT2D eigenvalue weighted by Crippen LogP contribution is 2.24. The van der Waals surface area contributed by atoms with Gasteiger partial charge in [-0.3, -0.25) is 10.1 Å². The van der Waals surface area contributed by atoms with Gasteiger partial charge in [0.2, 0.25) is 0 Å². The minimum absolute atomic E-state index is 0.111. The molecule has 150 valence electrons. The molecule has 0 saturated carbocycles. The molecule has 0 bridgehead atoms. The van der Waals surface area contributed by atoms with E-state index in [0.29, 0.717) is 5.75 Å². The van der Waals surface area contributed by atoms with Crippen molar-refractivity contribution >= 4 is 23.4 Å². The molecule has 0 aliphatic heterocycles. The maximum absolute atomic E-state index is 13.6. The summed E-state index contributed by atoms with van der Waals surface area (Å²) in [5.41, 5.74) is 1.64. The number of carbonyl (C=O) groups excluding carboxylic acids is 2. The maximum Gasteiger partial charge on any atom is 0.412 e. The van der Waals surface area contributed by atoms with Gasteiger partial charge < -0.3 is 14.8 Å². The van der Waals surface area contributed by atoms with Crippen LogP contribution in [0.5, 0.6) is 5.75 Å². The Bertz CT molecular complexity index is 875. The van der Waals surface area contributed by atoms with Gasteiger partial charge in [0.05, 0.1) is 11.4 Å². The Hall–Kier alpha value is -3.09. The van der Waals surface area contributed by atoms with Crippen LogP contribution in [0.4, 0.5) is 20.6 Å². The third kappa shape index (κ3) is 6.57. The number of benzene rings is 2. The zero-order valence-electron chi connectivity index (χ0n) is 16.7. The molecule has 0 fully saturated rings. The fourth-order valence-corrected chi connectivity index (χ4v) is 2.43. The standard InChI is InChI=1S/C21H25FN2O4/c1-13-6-9-18(14(2)10-13)27-12-19(25)23-17-11-15(22)7-8-16(17)24-20(26)28-21(3,4)5/h6-11H,12H2,1-5H3,(H,23,25)(H,24,26). The van der Waals surface area contributed by atoms with Crippen LogP contribution in [0.15, 0.2) is 36.4 Å². The summed E-state index contributed by atoms with van der Waals surface area (Å²) in [6.07, 6.45) is -0.707. The van der Waals surface area contributed by atoms with E-state index in [1.165, 1.54) is 12.1 Å². The van der Waals surface area contributed by atoms with E-state index >= 15 is 0 Å². The molecule has 2 amide bonds. The first-order valence-corrected chi connectivity index (χ1v) is 8.83. The highest BCUT2D eigenvalue weighted by atomic mass is 19.1. The van der Waals surface area contributed by atoms with Crippen LogP contribution < -0.4 is 15.4 Å². The van der Waals surface area contributed by atoms with Crippen molar-refractivity contribution in [3.63, 3.8) is 0 Å². The minimum atomic E-state index is -0.707. The van der Waals surface area contributed by atoms with Crippen LogP contribution in [-0.2, 0) is 9.53 Å². The first-order chi connectivity index (χ1) is 13.0. The predicted molar refractivity (Wildman–Crippen MR) is 106 cm³/mol. The molecule has 0 aliphatic rings. The molecule has 0 heterocycles. The highest BCUT2D eigenvalue weighted by Gasteiger charge is 2.18.